The molecule has 0 radical (unpaired) electrons. The molecule has 2 rings (SSSR count). The van der Waals surface area contributed by atoms with Gasteiger partial charge in [0.05, 0.1) is 0 Å². The van der Waals surface area contributed by atoms with Crippen LogP contribution < -0.4 is 0 Å². The first-order valence-corrected chi connectivity index (χ1v) is 7.56. The molecule has 0 atom stereocenters. The lowest BCUT2D eigenvalue weighted by molar-refractivity contribution is 0.474. The number of aromatic hydroxyl groups is 1. The number of halogens is 2. The van der Waals surface area contributed by atoms with Gasteiger partial charge in [-0.25, -0.2) is 0 Å². The summed E-state index contributed by atoms with van der Waals surface area (Å²) in [5.74, 6) is 1.43. The molecular formula is C17H20Cl2O. The number of benzene rings is 2. The maximum Gasteiger partial charge on any atom is 0.115 e. The van der Waals surface area contributed by atoms with Crippen LogP contribution >= 0.6 is 23.2 Å². The maximum absolute atomic E-state index is 9.29. The SMILES string of the molecule is CC(C)(c1ccccc1)c1ccc(O)cc1.ClCCCl. The average molecular weight is 311 g/mol. The second kappa shape index (κ2) is 8.18. The molecular weight excluding hydrogens is 291 g/mol. The Labute approximate surface area is 131 Å². The Hall–Kier alpha value is -1.18. The monoisotopic (exact) mass is 310 g/mol. The summed E-state index contributed by atoms with van der Waals surface area (Å²) in [5, 5.41) is 9.29. The minimum absolute atomic E-state index is 0.0328. The van der Waals surface area contributed by atoms with Gasteiger partial charge in [-0.15, -0.1) is 23.2 Å². The summed E-state index contributed by atoms with van der Waals surface area (Å²) in [6.07, 6.45) is 0. The van der Waals surface area contributed by atoms with Gasteiger partial charge in [0.15, 0.2) is 0 Å². The third-order valence-electron chi connectivity index (χ3n) is 3.16. The smallest absolute Gasteiger partial charge is 0.115 e. The van der Waals surface area contributed by atoms with E-state index in [1.54, 1.807) is 12.1 Å². The molecule has 20 heavy (non-hydrogen) atoms. The van der Waals surface area contributed by atoms with Gasteiger partial charge in [0.2, 0.25) is 0 Å². The Balaban J connectivity index is 0.000000444. The molecule has 0 saturated carbocycles. The van der Waals surface area contributed by atoms with Gasteiger partial charge in [-0.1, -0.05) is 56.3 Å². The quantitative estimate of drug-likeness (QED) is 0.774. The van der Waals surface area contributed by atoms with Crippen LogP contribution in [0.25, 0.3) is 0 Å². The molecule has 2 aromatic carbocycles. The number of hydrogen-bond donors (Lipinski definition) is 1. The molecule has 1 N–H and O–H groups in total. The second-order valence-electron chi connectivity index (χ2n) is 4.92. The Morgan fingerprint density at radius 3 is 1.70 bits per heavy atom. The van der Waals surface area contributed by atoms with Crippen LogP contribution in [0.1, 0.15) is 25.0 Å². The number of hydrogen-bond acceptors (Lipinski definition) is 1. The molecule has 0 aliphatic heterocycles. The highest BCUT2D eigenvalue weighted by Gasteiger charge is 2.22. The molecule has 3 heteroatoms. The van der Waals surface area contributed by atoms with Gasteiger partial charge in [0.1, 0.15) is 5.75 Å². The fourth-order valence-corrected chi connectivity index (χ4v) is 1.90. The highest BCUT2D eigenvalue weighted by Crippen LogP contribution is 2.31. The lowest BCUT2D eigenvalue weighted by atomic mass is 9.78. The summed E-state index contributed by atoms with van der Waals surface area (Å²) < 4.78 is 0. The van der Waals surface area contributed by atoms with Crippen LogP contribution in [0.15, 0.2) is 54.6 Å². The highest BCUT2D eigenvalue weighted by molar-refractivity contribution is 6.25. The summed E-state index contributed by atoms with van der Waals surface area (Å²) in [7, 11) is 0. The topological polar surface area (TPSA) is 20.2 Å². The standard InChI is InChI=1S/C15H16O.C2H4Cl2/c1-15(2,12-6-4-3-5-7-12)13-8-10-14(16)11-9-13;3-1-2-4/h3-11,16H,1-2H3;1-2H2. The molecule has 0 saturated heterocycles. The van der Waals surface area contributed by atoms with Crippen molar-refractivity contribution in [3.8, 4) is 5.75 Å². The first kappa shape index (κ1) is 16.9. The van der Waals surface area contributed by atoms with Crippen LogP contribution in [-0.4, -0.2) is 16.9 Å². The predicted molar refractivity (Wildman–Crippen MR) is 88.1 cm³/mol. The van der Waals surface area contributed by atoms with Crippen molar-refractivity contribution in [2.24, 2.45) is 0 Å². The minimum Gasteiger partial charge on any atom is -0.508 e. The van der Waals surface area contributed by atoms with Crippen LogP contribution in [0.4, 0.5) is 0 Å². The number of alkyl halides is 2. The zero-order chi connectivity index (χ0) is 15.0. The van der Waals surface area contributed by atoms with Crippen molar-refractivity contribution in [2.45, 2.75) is 19.3 Å². The zero-order valence-corrected chi connectivity index (χ0v) is 13.3. The van der Waals surface area contributed by atoms with E-state index >= 15 is 0 Å². The van der Waals surface area contributed by atoms with Crippen LogP contribution in [0, 0.1) is 0 Å². The van der Waals surface area contributed by atoms with Crippen molar-refractivity contribution in [2.75, 3.05) is 11.8 Å². The largest absolute Gasteiger partial charge is 0.508 e. The van der Waals surface area contributed by atoms with Crippen LogP contribution in [0.2, 0.25) is 0 Å². The lowest BCUT2D eigenvalue weighted by Gasteiger charge is -2.26. The third-order valence-corrected chi connectivity index (χ3v) is 3.73. The predicted octanol–water partition coefficient (Wildman–Crippen LogP) is 5.18. The molecule has 0 fully saturated rings. The van der Waals surface area contributed by atoms with Crippen molar-refractivity contribution in [1.82, 2.24) is 0 Å². The zero-order valence-electron chi connectivity index (χ0n) is 11.8. The Morgan fingerprint density at radius 1 is 0.800 bits per heavy atom. The summed E-state index contributed by atoms with van der Waals surface area (Å²) in [6, 6.07) is 17.8. The number of phenolic OH excluding ortho intramolecular Hbond substituents is 1. The highest BCUT2D eigenvalue weighted by atomic mass is 35.5. The lowest BCUT2D eigenvalue weighted by Crippen LogP contribution is -2.18. The fourth-order valence-electron chi connectivity index (χ4n) is 1.90. The fraction of sp³-hybridized carbons (Fsp3) is 0.294. The van der Waals surface area contributed by atoms with E-state index in [0.29, 0.717) is 17.5 Å². The van der Waals surface area contributed by atoms with E-state index in [9.17, 15) is 5.11 Å². The van der Waals surface area contributed by atoms with Crippen LogP contribution in [-0.2, 0) is 5.41 Å². The summed E-state index contributed by atoms with van der Waals surface area (Å²) in [6.45, 7) is 4.38. The van der Waals surface area contributed by atoms with Gasteiger partial charge in [0, 0.05) is 17.2 Å². The summed E-state index contributed by atoms with van der Waals surface area (Å²) in [4.78, 5) is 0. The van der Waals surface area contributed by atoms with Crippen molar-refractivity contribution < 1.29 is 5.11 Å². The third kappa shape index (κ3) is 4.73. The van der Waals surface area contributed by atoms with Crippen LogP contribution in [0.3, 0.4) is 0 Å². The van der Waals surface area contributed by atoms with Crippen molar-refractivity contribution in [3.05, 3.63) is 65.7 Å². The van der Waals surface area contributed by atoms with Gasteiger partial charge < -0.3 is 5.11 Å². The number of rotatable bonds is 3. The molecule has 108 valence electrons. The van der Waals surface area contributed by atoms with E-state index in [1.165, 1.54) is 11.1 Å². The normalized spacial score (nSPS) is 10.6. The van der Waals surface area contributed by atoms with Gasteiger partial charge in [-0.05, 0) is 23.3 Å². The molecule has 0 aliphatic rings. The minimum atomic E-state index is -0.0328. The Kier molecular flexibility index (Phi) is 6.90. The summed E-state index contributed by atoms with van der Waals surface area (Å²) in [5.41, 5.74) is 2.45. The number of phenols is 1. The molecule has 0 unspecified atom stereocenters. The average Bonchev–Trinajstić information content (AvgIpc) is 2.49. The Morgan fingerprint density at radius 2 is 1.25 bits per heavy atom. The molecule has 0 bridgehead atoms. The van der Waals surface area contributed by atoms with E-state index in [2.05, 4.69) is 38.1 Å². The first-order chi connectivity index (χ1) is 9.52. The van der Waals surface area contributed by atoms with E-state index < -0.39 is 0 Å². The van der Waals surface area contributed by atoms with Crippen molar-refractivity contribution in [1.29, 1.82) is 0 Å². The first-order valence-electron chi connectivity index (χ1n) is 6.49. The van der Waals surface area contributed by atoms with Gasteiger partial charge >= 0.3 is 0 Å². The van der Waals surface area contributed by atoms with Gasteiger partial charge in [-0.3, -0.25) is 0 Å². The van der Waals surface area contributed by atoms with E-state index in [-0.39, 0.29) is 5.41 Å². The molecule has 0 amide bonds. The summed E-state index contributed by atoms with van der Waals surface area (Å²) >= 11 is 10.1. The Bertz CT molecular complexity index is 490. The van der Waals surface area contributed by atoms with E-state index in [4.69, 9.17) is 23.2 Å². The van der Waals surface area contributed by atoms with Gasteiger partial charge in [0.25, 0.3) is 0 Å². The molecule has 0 aromatic heterocycles. The van der Waals surface area contributed by atoms with Gasteiger partial charge in [-0.2, -0.15) is 0 Å². The second-order valence-corrected chi connectivity index (χ2v) is 5.67. The molecule has 2 aromatic rings. The maximum atomic E-state index is 9.29. The van der Waals surface area contributed by atoms with E-state index in [1.807, 2.05) is 18.2 Å². The van der Waals surface area contributed by atoms with Crippen molar-refractivity contribution in [3.63, 3.8) is 0 Å². The molecule has 0 heterocycles. The van der Waals surface area contributed by atoms with E-state index in [0.717, 1.165) is 0 Å². The van der Waals surface area contributed by atoms with Crippen molar-refractivity contribution >= 4 is 23.2 Å². The molecule has 1 nitrogen and oxygen atoms in total. The van der Waals surface area contributed by atoms with Crippen LogP contribution in [0.5, 0.6) is 5.75 Å². The molecule has 0 aliphatic carbocycles. The molecule has 0 spiro atoms.